The van der Waals surface area contributed by atoms with E-state index in [9.17, 15) is 0 Å². The molecule has 0 saturated heterocycles. The van der Waals surface area contributed by atoms with E-state index in [1.54, 1.807) is 0 Å². The summed E-state index contributed by atoms with van der Waals surface area (Å²) in [5.74, 6) is 1.16. The Bertz CT molecular complexity index is 585. The fourth-order valence-corrected chi connectivity index (χ4v) is 3.96. The van der Waals surface area contributed by atoms with Crippen LogP contribution in [0.1, 0.15) is 36.6 Å². The lowest BCUT2D eigenvalue weighted by Crippen LogP contribution is -2.27. The van der Waals surface area contributed by atoms with Gasteiger partial charge in [0.05, 0.1) is 0 Å². The molecule has 1 nitrogen and oxygen atoms in total. The van der Waals surface area contributed by atoms with Crippen LogP contribution >= 0.6 is 23.4 Å². The minimum atomic E-state index is 0.344. The third-order valence-corrected chi connectivity index (χ3v) is 5.12. The smallest absolute Gasteiger partial charge is 0.0410 e. The van der Waals surface area contributed by atoms with Gasteiger partial charge in [0.15, 0.2) is 0 Å². The molecule has 2 atom stereocenters. The number of halogens is 1. The van der Waals surface area contributed by atoms with Gasteiger partial charge in [-0.15, -0.1) is 11.8 Å². The van der Waals surface area contributed by atoms with Crippen molar-refractivity contribution in [3.8, 4) is 0 Å². The van der Waals surface area contributed by atoms with Crippen molar-refractivity contribution in [3.05, 3.63) is 64.7 Å². The van der Waals surface area contributed by atoms with Crippen LogP contribution in [0, 0.1) is 0 Å². The summed E-state index contributed by atoms with van der Waals surface area (Å²) in [6.45, 7) is 2.22. The van der Waals surface area contributed by atoms with Crippen molar-refractivity contribution in [3.63, 3.8) is 0 Å². The molecule has 2 aromatic carbocycles. The Balaban J connectivity index is 1.81. The van der Waals surface area contributed by atoms with Crippen molar-refractivity contribution in [2.24, 2.45) is 0 Å². The van der Waals surface area contributed by atoms with Gasteiger partial charge < -0.3 is 5.32 Å². The van der Waals surface area contributed by atoms with Crippen LogP contribution in [0.4, 0.5) is 0 Å². The molecular weight excluding hydrogens is 286 g/mol. The lowest BCUT2D eigenvalue weighted by atomic mass is 10.0. The van der Waals surface area contributed by atoms with E-state index in [2.05, 4.69) is 54.7 Å². The molecule has 1 aliphatic heterocycles. The molecule has 3 rings (SSSR count). The number of benzene rings is 2. The Morgan fingerprint density at radius 2 is 2.00 bits per heavy atom. The van der Waals surface area contributed by atoms with Crippen LogP contribution in [0.15, 0.2) is 53.4 Å². The maximum atomic E-state index is 6.16. The highest BCUT2D eigenvalue weighted by molar-refractivity contribution is 7.99. The van der Waals surface area contributed by atoms with Gasteiger partial charge in [0.2, 0.25) is 0 Å². The minimum Gasteiger partial charge on any atom is -0.303 e. The van der Waals surface area contributed by atoms with Crippen molar-refractivity contribution in [2.75, 3.05) is 5.75 Å². The maximum absolute atomic E-state index is 6.16. The van der Waals surface area contributed by atoms with Crippen LogP contribution in [-0.2, 0) is 0 Å². The molecule has 0 spiro atoms. The molecule has 1 heterocycles. The minimum absolute atomic E-state index is 0.344. The number of fused-ring (bicyclic) bond motifs is 1. The average molecular weight is 304 g/mol. The number of thioether (sulfide) groups is 1. The van der Waals surface area contributed by atoms with Gasteiger partial charge in [-0.3, -0.25) is 0 Å². The molecule has 0 aliphatic carbocycles. The van der Waals surface area contributed by atoms with E-state index in [4.69, 9.17) is 11.6 Å². The van der Waals surface area contributed by atoms with E-state index >= 15 is 0 Å². The van der Waals surface area contributed by atoms with Gasteiger partial charge in [0, 0.05) is 22.0 Å². The number of hydrogen-bond acceptors (Lipinski definition) is 2. The third kappa shape index (κ3) is 3.03. The van der Waals surface area contributed by atoms with E-state index in [-0.39, 0.29) is 0 Å². The Kier molecular flexibility index (Phi) is 4.35. The van der Waals surface area contributed by atoms with Gasteiger partial charge in [-0.1, -0.05) is 41.9 Å². The summed E-state index contributed by atoms with van der Waals surface area (Å²) < 4.78 is 0. The Hall–Kier alpha value is -0.960. The molecule has 0 fully saturated rings. The van der Waals surface area contributed by atoms with Gasteiger partial charge in [0.1, 0.15) is 0 Å². The number of hydrogen-bond donors (Lipinski definition) is 1. The lowest BCUT2D eigenvalue weighted by Gasteiger charge is -2.29. The van der Waals surface area contributed by atoms with Gasteiger partial charge in [0.25, 0.3) is 0 Å². The highest BCUT2D eigenvalue weighted by atomic mass is 35.5. The average Bonchev–Trinajstić information content (AvgIpc) is 2.49. The van der Waals surface area contributed by atoms with Crippen molar-refractivity contribution >= 4 is 23.4 Å². The highest BCUT2D eigenvalue weighted by Crippen LogP contribution is 2.38. The number of rotatable bonds is 3. The van der Waals surface area contributed by atoms with Gasteiger partial charge in [-0.25, -0.2) is 0 Å². The molecule has 0 radical (unpaired) electrons. The Morgan fingerprint density at radius 3 is 2.80 bits per heavy atom. The lowest BCUT2D eigenvalue weighted by molar-refractivity contribution is 0.450. The normalized spacial score (nSPS) is 19.4. The second-order valence-corrected chi connectivity index (χ2v) is 6.74. The summed E-state index contributed by atoms with van der Waals surface area (Å²) in [7, 11) is 0. The van der Waals surface area contributed by atoms with Crippen molar-refractivity contribution in [1.82, 2.24) is 5.32 Å². The molecule has 104 valence electrons. The predicted octanol–water partition coefficient (Wildman–Crippen LogP) is 5.23. The van der Waals surface area contributed by atoms with Gasteiger partial charge in [-0.2, -0.15) is 0 Å². The number of nitrogens with one attached hydrogen (secondary N) is 1. The van der Waals surface area contributed by atoms with Crippen LogP contribution in [0.5, 0.6) is 0 Å². The van der Waals surface area contributed by atoms with E-state index in [0.29, 0.717) is 12.1 Å². The summed E-state index contributed by atoms with van der Waals surface area (Å²) in [6, 6.07) is 17.6. The first kappa shape index (κ1) is 14.0. The van der Waals surface area contributed by atoms with E-state index in [1.165, 1.54) is 16.0 Å². The Morgan fingerprint density at radius 1 is 1.20 bits per heavy atom. The fraction of sp³-hybridized carbons (Fsp3) is 0.294. The summed E-state index contributed by atoms with van der Waals surface area (Å²) in [4.78, 5) is 1.36. The Labute approximate surface area is 129 Å². The fourth-order valence-electron chi connectivity index (χ4n) is 2.68. The first-order valence-electron chi connectivity index (χ1n) is 6.97. The first-order chi connectivity index (χ1) is 9.74. The zero-order valence-corrected chi connectivity index (χ0v) is 13.0. The molecule has 2 aromatic rings. The van der Waals surface area contributed by atoms with Gasteiger partial charge in [-0.05, 0) is 48.4 Å². The van der Waals surface area contributed by atoms with E-state index < -0.39 is 0 Å². The van der Waals surface area contributed by atoms with Gasteiger partial charge >= 0.3 is 0 Å². The van der Waals surface area contributed by atoms with Crippen LogP contribution in [-0.4, -0.2) is 5.75 Å². The second-order valence-electron chi connectivity index (χ2n) is 5.17. The van der Waals surface area contributed by atoms with Crippen molar-refractivity contribution < 1.29 is 0 Å². The van der Waals surface area contributed by atoms with E-state index in [0.717, 1.165) is 17.2 Å². The summed E-state index contributed by atoms with van der Waals surface area (Å²) in [6.07, 6.45) is 1.15. The van der Waals surface area contributed by atoms with Crippen molar-refractivity contribution in [1.29, 1.82) is 0 Å². The summed E-state index contributed by atoms with van der Waals surface area (Å²) in [5, 5.41) is 4.57. The topological polar surface area (TPSA) is 12.0 Å². The highest BCUT2D eigenvalue weighted by Gasteiger charge is 2.22. The molecule has 1 aliphatic rings. The molecule has 0 amide bonds. The van der Waals surface area contributed by atoms with Crippen molar-refractivity contribution in [2.45, 2.75) is 30.3 Å². The third-order valence-electron chi connectivity index (χ3n) is 3.76. The van der Waals surface area contributed by atoms with Crippen LogP contribution < -0.4 is 5.32 Å². The van der Waals surface area contributed by atoms with Crippen LogP contribution in [0.3, 0.4) is 0 Å². The van der Waals surface area contributed by atoms with Crippen LogP contribution in [0.25, 0.3) is 0 Å². The molecular formula is C17H18ClNS. The molecule has 1 N–H and O–H groups in total. The molecule has 3 heteroatoms. The molecule has 0 bridgehead atoms. The zero-order chi connectivity index (χ0) is 13.9. The predicted molar refractivity (Wildman–Crippen MR) is 87.5 cm³/mol. The monoisotopic (exact) mass is 303 g/mol. The van der Waals surface area contributed by atoms with E-state index in [1.807, 2.05) is 17.8 Å². The summed E-state index contributed by atoms with van der Waals surface area (Å²) >= 11 is 8.08. The molecule has 1 unspecified atom stereocenters. The maximum Gasteiger partial charge on any atom is 0.0410 e. The van der Waals surface area contributed by atoms with Crippen LogP contribution in [0.2, 0.25) is 5.02 Å². The summed E-state index contributed by atoms with van der Waals surface area (Å²) in [5.41, 5.74) is 2.67. The second kappa shape index (κ2) is 6.21. The quantitative estimate of drug-likeness (QED) is 0.833. The molecule has 0 aromatic heterocycles. The first-order valence-corrected chi connectivity index (χ1v) is 8.33. The SMILES string of the molecule is C[C@H](NC1CCSc2ccc(Cl)cc21)c1ccccc1. The standard InChI is InChI=1S/C17H18ClNS/c1-12(13-5-3-2-4-6-13)19-16-9-10-20-17-8-7-14(18)11-15(16)17/h2-8,11-12,16,19H,9-10H2,1H3/t12-,16?/m0/s1. The zero-order valence-electron chi connectivity index (χ0n) is 11.5. The molecule has 20 heavy (non-hydrogen) atoms. The molecule has 0 saturated carbocycles. The largest absolute Gasteiger partial charge is 0.303 e.